The molecule has 0 aliphatic rings. The lowest BCUT2D eigenvalue weighted by Gasteiger charge is -2.03. The van der Waals surface area contributed by atoms with E-state index in [1.165, 1.54) is 0 Å². The Balaban J connectivity index is 2.00. The van der Waals surface area contributed by atoms with Crippen LogP contribution in [0.4, 0.5) is 0 Å². The molecule has 0 fully saturated rings. The van der Waals surface area contributed by atoms with Crippen molar-refractivity contribution >= 4 is 27.5 Å². The molecule has 0 atom stereocenters. The van der Waals surface area contributed by atoms with Crippen molar-refractivity contribution in [1.82, 2.24) is 9.78 Å². The van der Waals surface area contributed by atoms with Crippen LogP contribution in [0.25, 0.3) is 16.8 Å². The first-order chi connectivity index (χ1) is 9.24. The molecule has 3 rings (SSSR count). The summed E-state index contributed by atoms with van der Waals surface area (Å²) in [6, 6.07) is 15.7. The SMILES string of the molecule is Clc1ccc(-c2cnn(-c3ccccc3Br)c2)cc1. The molecule has 4 heteroatoms. The van der Waals surface area contributed by atoms with E-state index in [0.717, 1.165) is 26.3 Å². The topological polar surface area (TPSA) is 17.8 Å². The average molecular weight is 334 g/mol. The van der Waals surface area contributed by atoms with E-state index in [0.29, 0.717) is 0 Å². The van der Waals surface area contributed by atoms with Gasteiger partial charge in [0, 0.05) is 21.3 Å². The maximum absolute atomic E-state index is 5.89. The van der Waals surface area contributed by atoms with Gasteiger partial charge in [-0.2, -0.15) is 5.10 Å². The normalized spacial score (nSPS) is 10.6. The highest BCUT2D eigenvalue weighted by Crippen LogP contribution is 2.24. The zero-order chi connectivity index (χ0) is 13.2. The molecule has 0 N–H and O–H groups in total. The van der Waals surface area contributed by atoms with Gasteiger partial charge in [0.05, 0.1) is 11.9 Å². The van der Waals surface area contributed by atoms with E-state index in [9.17, 15) is 0 Å². The quantitative estimate of drug-likeness (QED) is 0.648. The predicted octanol–water partition coefficient (Wildman–Crippen LogP) is 4.96. The fourth-order valence-corrected chi connectivity index (χ4v) is 2.48. The molecule has 19 heavy (non-hydrogen) atoms. The maximum Gasteiger partial charge on any atom is 0.0787 e. The Bertz CT molecular complexity index is 704. The number of para-hydroxylation sites is 1. The van der Waals surface area contributed by atoms with Gasteiger partial charge in [0.2, 0.25) is 0 Å². The molecule has 0 aliphatic carbocycles. The number of nitrogens with zero attached hydrogens (tertiary/aromatic N) is 2. The number of halogens is 2. The summed E-state index contributed by atoms with van der Waals surface area (Å²) in [4.78, 5) is 0. The van der Waals surface area contributed by atoms with E-state index in [1.54, 1.807) is 0 Å². The van der Waals surface area contributed by atoms with Crippen molar-refractivity contribution in [3.8, 4) is 16.8 Å². The minimum absolute atomic E-state index is 0.738. The number of aromatic nitrogens is 2. The molecule has 0 aliphatic heterocycles. The summed E-state index contributed by atoms with van der Waals surface area (Å²) in [7, 11) is 0. The lowest BCUT2D eigenvalue weighted by molar-refractivity contribution is 0.876. The van der Waals surface area contributed by atoms with Crippen LogP contribution in [0.2, 0.25) is 5.02 Å². The van der Waals surface area contributed by atoms with Crippen molar-refractivity contribution in [3.05, 3.63) is 70.4 Å². The van der Waals surface area contributed by atoms with E-state index in [2.05, 4.69) is 21.0 Å². The lowest BCUT2D eigenvalue weighted by atomic mass is 10.1. The van der Waals surface area contributed by atoms with Gasteiger partial charge in [-0.25, -0.2) is 4.68 Å². The van der Waals surface area contributed by atoms with Crippen LogP contribution < -0.4 is 0 Å². The molecular weight excluding hydrogens is 324 g/mol. The molecule has 0 saturated carbocycles. The predicted molar refractivity (Wildman–Crippen MR) is 81.7 cm³/mol. The summed E-state index contributed by atoms with van der Waals surface area (Å²) in [5, 5.41) is 5.14. The summed E-state index contributed by atoms with van der Waals surface area (Å²) < 4.78 is 2.87. The van der Waals surface area contributed by atoms with Gasteiger partial charge in [0.25, 0.3) is 0 Å². The molecule has 1 aromatic heterocycles. The van der Waals surface area contributed by atoms with Crippen molar-refractivity contribution in [3.63, 3.8) is 0 Å². The zero-order valence-electron chi connectivity index (χ0n) is 9.92. The van der Waals surface area contributed by atoms with Crippen LogP contribution in [0.5, 0.6) is 0 Å². The molecule has 0 radical (unpaired) electrons. The van der Waals surface area contributed by atoms with Gasteiger partial charge in [-0.15, -0.1) is 0 Å². The largest absolute Gasteiger partial charge is 0.239 e. The molecule has 3 aromatic rings. The molecule has 2 nitrogen and oxygen atoms in total. The smallest absolute Gasteiger partial charge is 0.0787 e. The Morgan fingerprint density at radius 2 is 1.68 bits per heavy atom. The van der Waals surface area contributed by atoms with Crippen molar-refractivity contribution in [1.29, 1.82) is 0 Å². The number of hydrogen-bond acceptors (Lipinski definition) is 1. The Morgan fingerprint density at radius 3 is 2.42 bits per heavy atom. The third kappa shape index (κ3) is 2.57. The molecular formula is C15H10BrClN2. The number of benzene rings is 2. The summed E-state index contributed by atoms with van der Waals surface area (Å²) in [5.74, 6) is 0. The average Bonchev–Trinajstić information content (AvgIpc) is 2.89. The van der Waals surface area contributed by atoms with Crippen LogP contribution in [0.1, 0.15) is 0 Å². The minimum atomic E-state index is 0.738. The van der Waals surface area contributed by atoms with Crippen LogP contribution in [0.3, 0.4) is 0 Å². The Hall–Kier alpha value is -1.58. The second kappa shape index (κ2) is 5.19. The van der Waals surface area contributed by atoms with Crippen LogP contribution in [-0.4, -0.2) is 9.78 Å². The van der Waals surface area contributed by atoms with E-state index < -0.39 is 0 Å². The molecule has 0 spiro atoms. The summed E-state index contributed by atoms with van der Waals surface area (Å²) in [6.45, 7) is 0. The van der Waals surface area contributed by atoms with Gasteiger partial charge in [-0.05, 0) is 45.8 Å². The number of rotatable bonds is 2. The van der Waals surface area contributed by atoms with Gasteiger partial charge in [-0.1, -0.05) is 35.9 Å². The van der Waals surface area contributed by atoms with Crippen LogP contribution >= 0.6 is 27.5 Å². The Labute approximate surface area is 124 Å². The molecule has 0 amide bonds. The van der Waals surface area contributed by atoms with Gasteiger partial charge >= 0.3 is 0 Å². The monoisotopic (exact) mass is 332 g/mol. The van der Waals surface area contributed by atoms with Gasteiger partial charge in [-0.3, -0.25) is 0 Å². The second-order valence-corrected chi connectivity index (χ2v) is 5.42. The first-order valence-electron chi connectivity index (χ1n) is 5.79. The Kier molecular flexibility index (Phi) is 3.40. The molecule has 0 unspecified atom stereocenters. The van der Waals surface area contributed by atoms with E-state index >= 15 is 0 Å². The number of hydrogen-bond donors (Lipinski definition) is 0. The summed E-state index contributed by atoms with van der Waals surface area (Å²) in [5.41, 5.74) is 3.18. The molecule has 94 valence electrons. The van der Waals surface area contributed by atoms with E-state index in [-0.39, 0.29) is 0 Å². The van der Waals surface area contributed by atoms with Gasteiger partial charge < -0.3 is 0 Å². The highest BCUT2D eigenvalue weighted by Gasteiger charge is 2.05. The highest BCUT2D eigenvalue weighted by atomic mass is 79.9. The fraction of sp³-hybridized carbons (Fsp3) is 0. The first-order valence-corrected chi connectivity index (χ1v) is 6.96. The van der Waals surface area contributed by atoms with Crippen molar-refractivity contribution < 1.29 is 0 Å². The maximum atomic E-state index is 5.89. The summed E-state index contributed by atoms with van der Waals surface area (Å²) in [6.07, 6.45) is 3.85. The Morgan fingerprint density at radius 1 is 0.947 bits per heavy atom. The van der Waals surface area contributed by atoms with E-state index in [1.807, 2.05) is 65.6 Å². The first kappa shape index (κ1) is 12.5. The van der Waals surface area contributed by atoms with Crippen molar-refractivity contribution in [2.75, 3.05) is 0 Å². The van der Waals surface area contributed by atoms with Crippen LogP contribution in [0.15, 0.2) is 65.4 Å². The van der Waals surface area contributed by atoms with E-state index in [4.69, 9.17) is 11.6 Å². The zero-order valence-corrected chi connectivity index (χ0v) is 12.3. The lowest BCUT2D eigenvalue weighted by Crippen LogP contribution is -1.94. The van der Waals surface area contributed by atoms with Gasteiger partial charge in [0.15, 0.2) is 0 Å². The summed E-state index contributed by atoms with van der Waals surface area (Å²) >= 11 is 9.42. The second-order valence-electron chi connectivity index (χ2n) is 4.13. The highest BCUT2D eigenvalue weighted by molar-refractivity contribution is 9.10. The fourth-order valence-electron chi connectivity index (χ4n) is 1.88. The van der Waals surface area contributed by atoms with Crippen LogP contribution in [0, 0.1) is 0 Å². The third-order valence-electron chi connectivity index (χ3n) is 2.86. The van der Waals surface area contributed by atoms with Crippen molar-refractivity contribution in [2.45, 2.75) is 0 Å². The van der Waals surface area contributed by atoms with Gasteiger partial charge in [0.1, 0.15) is 0 Å². The molecule has 2 aromatic carbocycles. The molecule has 1 heterocycles. The van der Waals surface area contributed by atoms with Crippen molar-refractivity contribution in [2.24, 2.45) is 0 Å². The minimum Gasteiger partial charge on any atom is -0.239 e. The van der Waals surface area contributed by atoms with Crippen LogP contribution in [-0.2, 0) is 0 Å². The molecule has 0 bridgehead atoms. The standard InChI is InChI=1S/C15H10BrClN2/c16-14-3-1-2-4-15(14)19-10-12(9-18-19)11-5-7-13(17)8-6-11/h1-10H. The molecule has 0 saturated heterocycles. The third-order valence-corrected chi connectivity index (χ3v) is 3.78.